The number of hydrogen-bond donors (Lipinski definition) is 4. The number of para-hydroxylation sites is 1. The number of carbonyl (C=O) groups is 2. The van der Waals surface area contributed by atoms with E-state index in [0.29, 0.717) is 12.8 Å². The minimum Gasteiger partial charge on any atom is -0.460 e. The molecule has 4 rings (SSSR count). The summed E-state index contributed by atoms with van der Waals surface area (Å²) in [6, 6.07) is 14.9. The molecule has 4 N–H and O–H groups in total. The highest BCUT2D eigenvalue weighted by Crippen LogP contribution is 2.57. The lowest BCUT2D eigenvalue weighted by molar-refractivity contribution is -0.250. The van der Waals surface area contributed by atoms with Crippen molar-refractivity contribution in [1.82, 2.24) is 9.99 Å². The standard InChI is InChI=1S/C26H33N2O10P/c1-17(30)27-22-24(23(31)21(15-29)36-26(22)33)38-39(34,37-19-11-6-3-7-12-19)28-14-8-13-20(28)25(32)35-16-18-9-4-2-5-10-18/h2-7,9-12,20-24,26,29,31,33H,8,13-16H2,1H3,(H,27,30)/t20?,21-,22-,23-,24-,26+,39?/m1/s1. The normalized spacial score (nSPS) is 28.8. The van der Waals surface area contributed by atoms with Crippen molar-refractivity contribution in [2.24, 2.45) is 0 Å². The largest absolute Gasteiger partial charge is 0.462 e. The van der Waals surface area contributed by atoms with Gasteiger partial charge in [-0.3, -0.25) is 14.1 Å². The zero-order chi connectivity index (χ0) is 28.0. The number of rotatable bonds is 10. The molecular weight excluding hydrogens is 531 g/mol. The number of aliphatic hydroxyl groups is 3. The van der Waals surface area contributed by atoms with Crippen molar-refractivity contribution in [2.75, 3.05) is 13.2 Å². The van der Waals surface area contributed by atoms with Crippen LogP contribution >= 0.6 is 7.75 Å². The third kappa shape index (κ3) is 7.03. The van der Waals surface area contributed by atoms with Crippen molar-refractivity contribution in [3.05, 3.63) is 66.2 Å². The summed E-state index contributed by atoms with van der Waals surface area (Å²) in [7, 11) is -4.47. The Morgan fingerprint density at radius 1 is 1.10 bits per heavy atom. The maximum Gasteiger partial charge on any atom is 0.462 e. The quantitative estimate of drug-likeness (QED) is 0.243. The molecule has 2 heterocycles. The zero-order valence-corrected chi connectivity index (χ0v) is 22.3. The number of nitrogens with zero attached hydrogens (tertiary/aromatic N) is 1. The van der Waals surface area contributed by atoms with E-state index in [-0.39, 0.29) is 18.9 Å². The fourth-order valence-electron chi connectivity index (χ4n) is 4.61. The lowest BCUT2D eigenvalue weighted by Crippen LogP contribution is -2.64. The molecule has 0 aliphatic carbocycles. The summed E-state index contributed by atoms with van der Waals surface area (Å²) in [5.74, 6) is -1.04. The molecule has 0 saturated carbocycles. The van der Waals surface area contributed by atoms with Gasteiger partial charge in [0, 0.05) is 13.5 Å². The number of nitrogens with one attached hydrogen (secondary N) is 1. The minimum absolute atomic E-state index is 0.0162. The molecule has 0 bridgehead atoms. The topological polar surface area (TPSA) is 164 Å². The van der Waals surface area contributed by atoms with E-state index >= 15 is 0 Å². The highest BCUT2D eigenvalue weighted by molar-refractivity contribution is 7.51. The van der Waals surface area contributed by atoms with Crippen molar-refractivity contribution >= 4 is 19.6 Å². The summed E-state index contributed by atoms with van der Waals surface area (Å²) in [4.78, 5) is 25.0. The molecule has 39 heavy (non-hydrogen) atoms. The Bertz CT molecular complexity index is 1150. The van der Waals surface area contributed by atoms with Gasteiger partial charge in [-0.25, -0.2) is 4.57 Å². The summed E-state index contributed by atoms with van der Waals surface area (Å²) >= 11 is 0. The maximum absolute atomic E-state index is 14.6. The summed E-state index contributed by atoms with van der Waals surface area (Å²) < 4.78 is 38.4. The Morgan fingerprint density at radius 3 is 2.41 bits per heavy atom. The molecule has 2 aliphatic heterocycles. The average molecular weight is 565 g/mol. The van der Waals surface area contributed by atoms with E-state index in [1.807, 2.05) is 30.3 Å². The van der Waals surface area contributed by atoms with Gasteiger partial charge in [0.25, 0.3) is 0 Å². The number of aliphatic hydroxyl groups excluding tert-OH is 3. The molecule has 1 amide bonds. The Hall–Kier alpha value is -2.83. The van der Waals surface area contributed by atoms with Crippen LogP contribution in [0.25, 0.3) is 0 Å². The first-order valence-electron chi connectivity index (χ1n) is 12.6. The van der Waals surface area contributed by atoms with Crippen LogP contribution in [0.15, 0.2) is 60.7 Å². The molecule has 0 aromatic heterocycles. The molecular formula is C26H33N2O10P. The molecule has 2 aromatic carbocycles. The van der Waals surface area contributed by atoms with Crippen LogP contribution in [0.2, 0.25) is 0 Å². The molecule has 2 aliphatic rings. The van der Waals surface area contributed by atoms with Crippen LogP contribution in [0.4, 0.5) is 0 Å². The van der Waals surface area contributed by atoms with E-state index in [1.165, 1.54) is 11.6 Å². The third-order valence-corrected chi connectivity index (χ3v) is 8.56. The number of amides is 1. The molecule has 2 unspecified atom stereocenters. The second-order valence-corrected chi connectivity index (χ2v) is 11.2. The van der Waals surface area contributed by atoms with E-state index in [9.17, 15) is 29.5 Å². The molecule has 0 spiro atoms. The van der Waals surface area contributed by atoms with Gasteiger partial charge in [-0.2, -0.15) is 4.67 Å². The Kier molecular flexibility index (Phi) is 9.73. The smallest absolute Gasteiger partial charge is 0.460 e. The molecule has 2 saturated heterocycles. The van der Waals surface area contributed by atoms with Crippen LogP contribution in [0.1, 0.15) is 25.3 Å². The summed E-state index contributed by atoms with van der Waals surface area (Å²) in [6.45, 7) is 0.661. The predicted octanol–water partition coefficient (Wildman–Crippen LogP) is 1.34. The summed E-state index contributed by atoms with van der Waals surface area (Å²) in [6.07, 6.45) is -5.36. The van der Waals surface area contributed by atoms with Gasteiger partial charge in [-0.15, -0.1) is 0 Å². The Morgan fingerprint density at radius 2 is 1.77 bits per heavy atom. The second-order valence-electron chi connectivity index (χ2n) is 9.32. The molecule has 7 atom stereocenters. The predicted molar refractivity (Wildman–Crippen MR) is 137 cm³/mol. The van der Waals surface area contributed by atoms with E-state index in [1.54, 1.807) is 30.3 Å². The van der Waals surface area contributed by atoms with Crippen molar-refractivity contribution in [1.29, 1.82) is 0 Å². The van der Waals surface area contributed by atoms with E-state index < -0.39 is 62.9 Å². The second kappa shape index (κ2) is 13.0. The van der Waals surface area contributed by atoms with Gasteiger partial charge in [-0.1, -0.05) is 48.5 Å². The number of benzene rings is 2. The number of ether oxygens (including phenoxy) is 2. The fraction of sp³-hybridized carbons (Fsp3) is 0.462. The summed E-state index contributed by atoms with van der Waals surface area (Å²) in [5.41, 5.74) is 0.780. The van der Waals surface area contributed by atoms with Crippen LogP contribution in [0.5, 0.6) is 5.75 Å². The highest BCUT2D eigenvalue weighted by atomic mass is 31.2. The van der Waals surface area contributed by atoms with Crippen molar-refractivity contribution in [3.63, 3.8) is 0 Å². The van der Waals surface area contributed by atoms with Crippen molar-refractivity contribution in [2.45, 2.75) is 63.1 Å². The molecule has 0 radical (unpaired) electrons. The number of carbonyl (C=O) groups excluding carboxylic acids is 2. The van der Waals surface area contributed by atoms with E-state index in [0.717, 1.165) is 5.56 Å². The van der Waals surface area contributed by atoms with Crippen LogP contribution in [0, 0.1) is 0 Å². The van der Waals surface area contributed by atoms with Crippen LogP contribution in [0.3, 0.4) is 0 Å². The molecule has 13 heteroatoms. The highest BCUT2D eigenvalue weighted by Gasteiger charge is 2.53. The van der Waals surface area contributed by atoms with Crippen molar-refractivity contribution < 1.29 is 48.0 Å². The van der Waals surface area contributed by atoms with Gasteiger partial charge in [0.1, 0.15) is 42.8 Å². The average Bonchev–Trinajstić information content (AvgIpc) is 3.43. The number of hydrogen-bond acceptors (Lipinski definition) is 10. The lowest BCUT2D eigenvalue weighted by Gasteiger charge is -2.44. The maximum atomic E-state index is 14.6. The van der Waals surface area contributed by atoms with Gasteiger partial charge in [0.15, 0.2) is 6.29 Å². The van der Waals surface area contributed by atoms with Crippen LogP contribution < -0.4 is 9.84 Å². The Labute approximate surface area is 226 Å². The molecule has 212 valence electrons. The van der Waals surface area contributed by atoms with Gasteiger partial charge in [0.05, 0.1) is 6.61 Å². The fourth-order valence-corrected chi connectivity index (χ4v) is 6.77. The first-order chi connectivity index (χ1) is 18.7. The van der Waals surface area contributed by atoms with E-state index in [4.69, 9.17) is 18.5 Å². The summed E-state index contributed by atoms with van der Waals surface area (Å²) in [5, 5.41) is 33.6. The first kappa shape index (κ1) is 29.2. The van der Waals surface area contributed by atoms with Gasteiger partial charge < -0.3 is 34.6 Å². The molecule has 2 aromatic rings. The SMILES string of the molecule is CC(=O)N[C@@H]1[C@@H](OP(=O)(Oc2ccccc2)N2CCCC2C(=O)OCc2ccccc2)[C@H](O)[C@@H](CO)O[C@@H]1O. The van der Waals surface area contributed by atoms with Gasteiger partial charge >= 0.3 is 13.7 Å². The van der Waals surface area contributed by atoms with Gasteiger partial charge in [0.2, 0.25) is 5.91 Å². The van der Waals surface area contributed by atoms with Crippen molar-refractivity contribution in [3.8, 4) is 5.75 Å². The van der Waals surface area contributed by atoms with Crippen LogP contribution in [-0.4, -0.2) is 81.7 Å². The minimum atomic E-state index is -4.47. The molecule has 2 fully saturated rings. The monoisotopic (exact) mass is 564 g/mol. The van der Waals surface area contributed by atoms with Crippen LogP contribution in [-0.2, 0) is 34.8 Å². The number of esters is 1. The Balaban J connectivity index is 1.63. The van der Waals surface area contributed by atoms with Gasteiger partial charge in [-0.05, 0) is 30.5 Å². The zero-order valence-electron chi connectivity index (χ0n) is 21.4. The third-order valence-electron chi connectivity index (χ3n) is 6.50. The molecule has 12 nitrogen and oxygen atoms in total. The first-order valence-corrected chi connectivity index (χ1v) is 14.1. The lowest BCUT2D eigenvalue weighted by atomic mass is 9.97. The van der Waals surface area contributed by atoms with E-state index in [2.05, 4.69) is 5.32 Å².